The van der Waals surface area contributed by atoms with E-state index < -0.39 is 9.84 Å². The molecule has 226 valence electrons. The molecule has 0 atom stereocenters. The smallest absolute Gasteiger partial charge is 0.305 e. The van der Waals surface area contributed by atoms with Crippen LogP contribution in [-0.2, 0) is 19.4 Å². The molecule has 0 bridgehead atoms. The summed E-state index contributed by atoms with van der Waals surface area (Å²) in [4.78, 5) is 10.5. The summed E-state index contributed by atoms with van der Waals surface area (Å²) in [5, 5.41) is 20.0. The zero-order chi connectivity index (χ0) is 30.1. The van der Waals surface area contributed by atoms with Crippen molar-refractivity contribution in [2.45, 2.75) is 133 Å². The third-order valence-corrected chi connectivity index (χ3v) is 8.90. The molecule has 0 saturated carbocycles. The number of carbonyl (C=O) groups is 1. The van der Waals surface area contributed by atoms with Gasteiger partial charge in [0.2, 0.25) is 9.84 Å². The summed E-state index contributed by atoms with van der Waals surface area (Å²) in [5.74, 6) is -0.450. The molecule has 0 aliphatic carbocycles. The molecule has 40 heavy (non-hydrogen) atoms. The van der Waals surface area contributed by atoms with E-state index in [0.717, 1.165) is 17.5 Å². The van der Waals surface area contributed by atoms with Gasteiger partial charge in [-0.1, -0.05) is 111 Å². The molecule has 0 amide bonds. The topological polar surface area (TPSA) is 101 Å². The van der Waals surface area contributed by atoms with E-state index in [9.17, 15) is 23.4 Å². The number of carbonyl (C=O) groups excluding carboxylic acids is 1. The van der Waals surface area contributed by atoms with Crippen LogP contribution in [0.15, 0.2) is 46.2 Å². The molecule has 7 heteroatoms. The van der Waals surface area contributed by atoms with E-state index in [0.29, 0.717) is 6.42 Å². The number of methoxy groups -OCH3 is 1. The molecule has 2 N–H and O–H groups in total. The lowest BCUT2D eigenvalue weighted by Crippen LogP contribution is -2.05. The number of ether oxygens (including phenoxy) is 1. The van der Waals surface area contributed by atoms with Gasteiger partial charge in [0, 0.05) is 6.42 Å². The molecule has 0 unspecified atom stereocenters. The van der Waals surface area contributed by atoms with Gasteiger partial charge in [0.05, 0.1) is 7.11 Å². The van der Waals surface area contributed by atoms with Crippen LogP contribution in [-0.4, -0.2) is 31.7 Å². The Morgan fingerprint density at radius 3 is 1.43 bits per heavy atom. The summed E-state index contributed by atoms with van der Waals surface area (Å²) in [5.41, 5.74) is 1.61. The standard InChI is InChI=1S/C18H22O4S.C15H30O2/c1-11(2)13-5-7-15(19)17(9-13)23(21,22)18-10-14(12(3)4)6-8-16(18)20;1-3-4-5-6-7-8-9-10-11-12-13-14-15(16)17-2/h5-12,19-20H,1-4H3;3-14H2,1-2H3. The number of phenolic OH excluding ortho intramolecular Hbond substituents is 2. The first-order valence-corrected chi connectivity index (χ1v) is 16.4. The van der Waals surface area contributed by atoms with Crippen molar-refractivity contribution >= 4 is 15.8 Å². The minimum atomic E-state index is -4.01. The van der Waals surface area contributed by atoms with Crippen LogP contribution in [0.2, 0.25) is 0 Å². The van der Waals surface area contributed by atoms with Gasteiger partial charge in [0.15, 0.2) is 0 Å². The van der Waals surface area contributed by atoms with Crippen molar-refractivity contribution in [1.82, 2.24) is 0 Å². The van der Waals surface area contributed by atoms with Crippen molar-refractivity contribution in [3.63, 3.8) is 0 Å². The number of unbranched alkanes of at least 4 members (excludes halogenated alkanes) is 10. The van der Waals surface area contributed by atoms with E-state index in [4.69, 9.17) is 0 Å². The number of rotatable bonds is 16. The number of esters is 1. The Labute approximate surface area is 243 Å². The van der Waals surface area contributed by atoms with E-state index in [1.165, 1.54) is 95.6 Å². The molecule has 0 spiro atoms. The number of aromatic hydroxyl groups is 2. The molecule has 0 aliphatic heterocycles. The van der Waals surface area contributed by atoms with Crippen LogP contribution in [0.1, 0.15) is 135 Å². The maximum absolute atomic E-state index is 12.9. The maximum Gasteiger partial charge on any atom is 0.305 e. The van der Waals surface area contributed by atoms with Crippen LogP contribution in [0.4, 0.5) is 0 Å². The molecule has 0 radical (unpaired) electrons. The summed E-state index contributed by atoms with van der Waals surface area (Å²) in [6, 6.07) is 9.09. The molecule has 0 fully saturated rings. The molecule has 2 aromatic rings. The average molecular weight is 577 g/mol. The van der Waals surface area contributed by atoms with Gasteiger partial charge in [-0.3, -0.25) is 4.79 Å². The Hall–Kier alpha value is -2.54. The highest BCUT2D eigenvalue weighted by atomic mass is 32.2. The number of phenols is 2. The Morgan fingerprint density at radius 2 is 1.07 bits per heavy atom. The van der Waals surface area contributed by atoms with Crippen molar-refractivity contribution in [3.8, 4) is 11.5 Å². The first-order chi connectivity index (χ1) is 18.9. The van der Waals surface area contributed by atoms with Crippen LogP contribution in [0.3, 0.4) is 0 Å². The van der Waals surface area contributed by atoms with Crippen molar-refractivity contribution in [2.24, 2.45) is 0 Å². The number of hydrogen-bond donors (Lipinski definition) is 2. The molecule has 0 aliphatic rings. The van der Waals surface area contributed by atoms with E-state index in [1.807, 2.05) is 27.7 Å². The lowest BCUT2D eigenvalue weighted by atomic mass is 10.0. The van der Waals surface area contributed by atoms with Crippen LogP contribution in [0, 0.1) is 0 Å². The lowest BCUT2D eigenvalue weighted by molar-refractivity contribution is -0.140. The molecule has 6 nitrogen and oxygen atoms in total. The van der Waals surface area contributed by atoms with Crippen LogP contribution in [0.25, 0.3) is 0 Å². The Morgan fingerprint density at radius 1 is 0.700 bits per heavy atom. The van der Waals surface area contributed by atoms with Gasteiger partial charge in [0.1, 0.15) is 21.3 Å². The monoisotopic (exact) mass is 576 g/mol. The van der Waals surface area contributed by atoms with Crippen LogP contribution >= 0.6 is 0 Å². The zero-order valence-electron chi connectivity index (χ0n) is 25.5. The van der Waals surface area contributed by atoms with Gasteiger partial charge in [0.25, 0.3) is 0 Å². The highest BCUT2D eigenvalue weighted by Gasteiger charge is 2.26. The second-order valence-electron chi connectivity index (χ2n) is 11.1. The fourth-order valence-electron chi connectivity index (χ4n) is 4.36. The van der Waals surface area contributed by atoms with Crippen molar-refractivity contribution < 1.29 is 28.2 Å². The minimum Gasteiger partial charge on any atom is -0.507 e. The molecule has 0 saturated heterocycles. The molecule has 2 rings (SSSR count). The second kappa shape index (κ2) is 18.7. The average Bonchev–Trinajstić information content (AvgIpc) is 2.91. The number of sulfone groups is 1. The van der Waals surface area contributed by atoms with Crippen LogP contribution in [0.5, 0.6) is 11.5 Å². The summed E-state index contributed by atoms with van der Waals surface area (Å²) in [6.45, 7) is 10.0. The fourth-order valence-corrected chi connectivity index (χ4v) is 5.87. The SMILES string of the molecule is CC(C)c1ccc(O)c(S(=O)(=O)c2cc(C(C)C)ccc2O)c1.CCCCCCCCCCCCCC(=O)OC. The van der Waals surface area contributed by atoms with Crippen molar-refractivity contribution in [3.05, 3.63) is 47.5 Å². The van der Waals surface area contributed by atoms with E-state index in [2.05, 4.69) is 11.7 Å². The fraction of sp³-hybridized carbons (Fsp3) is 0.606. The van der Waals surface area contributed by atoms with Gasteiger partial charge in [-0.15, -0.1) is 0 Å². The molecule has 2 aromatic carbocycles. The maximum atomic E-state index is 12.9. The summed E-state index contributed by atoms with van der Waals surface area (Å²) in [6.07, 6.45) is 15.1. The first kappa shape index (κ1) is 35.5. The molecular formula is C33H52O6S. The Balaban J connectivity index is 0.000000421. The van der Waals surface area contributed by atoms with Gasteiger partial charge in [-0.2, -0.15) is 0 Å². The largest absolute Gasteiger partial charge is 0.507 e. The molecular weight excluding hydrogens is 524 g/mol. The van der Waals surface area contributed by atoms with Crippen molar-refractivity contribution in [2.75, 3.05) is 7.11 Å². The minimum absolute atomic E-state index is 0.0686. The third kappa shape index (κ3) is 12.3. The summed E-state index contributed by atoms with van der Waals surface area (Å²) in [7, 11) is -2.55. The number of benzene rings is 2. The molecule has 0 aromatic heterocycles. The first-order valence-electron chi connectivity index (χ1n) is 14.9. The quantitative estimate of drug-likeness (QED) is 0.153. The predicted molar refractivity (Wildman–Crippen MR) is 163 cm³/mol. The number of hydrogen-bond acceptors (Lipinski definition) is 6. The summed E-state index contributed by atoms with van der Waals surface area (Å²) < 4.78 is 30.4. The zero-order valence-corrected chi connectivity index (χ0v) is 26.4. The predicted octanol–water partition coefficient (Wildman–Crippen LogP) is 9.04. The third-order valence-electron chi connectivity index (χ3n) is 7.09. The van der Waals surface area contributed by atoms with E-state index >= 15 is 0 Å². The Bertz CT molecular complexity index is 1060. The van der Waals surface area contributed by atoms with Gasteiger partial charge < -0.3 is 14.9 Å². The van der Waals surface area contributed by atoms with Gasteiger partial charge >= 0.3 is 5.97 Å². The molecule has 0 heterocycles. The summed E-state index contributed by atoms with van der Waals surface area (Å²) >= 11 is 0. The normalized spacial score (nSPS) is 11.4. The van der Waals surface area contributed by atoms with E-state index in [1.54, 1.807) is 12.1 Å². The highest BCUT2D eigenvalue weighted by molar-refractivity contribution is 7.91. The van der Waals surface area contributed by atoms with Gasteiger partial charge in [-0.25, -0.2) is 8.42 Å². The lowest BCUT2D eigenvalue weighted by Gasteiger charge is -2.14. The van der Waals surface area contributed by atoms with E-state index in [-0.39, 0.29) is 39.1 Å². The van der Waals surface area contributed by atoms with Crippen molar-refractivity contribution in [1.29, 1.82) is 0 Å². The van der Waals surface area contributed by atoms with Crippen LogP contribution < -0.4 is 0 Å². The highest BCUT2D eigenvalue weighted by Crippen LogP contribution is 2.36. The van der Waals surface area contributed by atoms with Gasteiger partial charge in [-0.05, 0) is 53.6 Å². The second-order valence-corrected chi connectivity index (χ2v) is 13.0. The Kier molecular flexibility index (Phi) is 16.6.